The van der Waals surface area contributed by atoms with E-state index in [9.17, 15) is 9.90 Å². The van der Waals surface area contributed by atoms with Gasteiger partial charge in [0.2, 0.25) is 5.91 Å². The minimum absolute atomic E-state index is 0.0869. The minimum Gasteiger partial charge on any atom is -0.507 e. The highest BCUT2D eigenvalue weighted by Gasteiger charge is 2.33. The second-order valence-corrected chi connectivity index (χ2v) is 5.37. The summed E-state index contributed by atoms with van der Waals surface area (Å²) >= 11 is 3.20. The predicted molar refractivity (Wildman–Crippen MR) is 76.5 cm³/mol. The van der Waals surface area contributed by atoms with E-state index in [0.717, 1.165) is 5.56 Å². The van der Waals surface area contributed by atoms with Gasteiger partial charge in [0.25, 0.3) is 0 Å². The second kappa shape index (κ2) is 6.34. The van der Waals surface area contributed by atoms with E-state index in [0.29, 0.717) is 17.7 Å². The number of ether oxygens (including phenoxy) is 2. The fourth-order valence-corrected chi connectivity index (χ4v) is 2.17. The highest BCUT2D eigenvalue weighted by molar-refractivity contribution is 9.10. The number of phenolic OH excluding ortho intramolecular Hbond substituents is 1. The maximum Gasteiger partial charge on any atom is 0.245 e. The Morgan fingerprint density at radius 1 is 1.55 bits per heavy atom. The van der Waals surface area contributed by atoms with Gasteiger partial charge < -0.3 is 14.6 Å². The molecule has 1 saturated heterocycles. The number of hydrogen-bond acceptors (Lipinski definition) is 5. The Hall–Kier alpha value is -1.44. The number of nitrogens with zero attached hydrogens (tertiary/aromatic N) is 1. The molecule has 0 aromatic heterocycles. The molecule has 0 aliphatic carbocycles. The Balaban J connectivity index is 1.86. The zero-order valence-corrected chi connectivity index (χ0v) is 12.5. The highest BCUT2D eigenvalue weighted by atomic mass is 79.9. The van der Waals surface area contributed by atoms with Crippen LogP contribution in [0.1, 0.15) is 18.9 Å². The lowest BCUT2D eigenvalue weighted by Crippen LogP contribution is -2.33. The van der Waals surface area contributed by atoms with E-state index >= 15 is 0 Å². The third kappa shape index (κ3) is 4.03. The van der Waals surface area contributed by atoms with Crippen LogP contribution in [0.2, 0.25) is 0 Å². The van der Waals surface area contributed by atoms with E-state index in [1.807, 2.05) is 0 Å². The summed E-state index contributed by atoms with van der Waals surface area (Å²) in [5.41, 5.74) is 3.15. The van der Waals surface area contributed by atoms with Crippen molar-refractivity contribution in [3.8, 4) is 5.75 Å². The molecule has 1 aliphatic heterocycles. The van der Waals surface area contributed by atoms with Gasteiger partial charge in [-0.05, 0) is 46.6 Å². The summed E-state index contributed by atoms with van der Waals surface area (Å²) in [7, 11) is 0. The van der Waals surface area contributed by atoms with E-state index in [-0.39, 0.29) is 18.1 Å². The molecule has 1 aliphatic rings. The highest BCUT2D eigenvalue weighted by Crippen LogP contribution is 2.23. The van der Waals surface area contributed by atoms with Crippen molar-refractivity contribution in [1.29, 1.82) is 0 Å². The van der Waals surface area contributed by atoms with Crippen molar-refractivity contribution >= 4 is 28.1 Å². The van der Waals surface area contributed by atoms with E-state index < -0.39 is 5.79 Å². The van der Waals surface area contributed by atoms with E-state index in [2.05, 4.69) is 26.5 Å². The number of nitrogens with one attached hydrogen (secondary N) is 1. The summed E-state index contributed by atoms with van der Waals surface area (Å²) in [6, 6.07) is 4.91. The van der Waals surface area contributed by atoms with Crippen molar-refractivity contribution in [2.45, 2.75) is 19.1 Å². The molecule has 1 aromatic rings. The van der Waals surface area contributed by atoms with Crippen LogP contribution < -0.4 is 5.43 Å². The Morgan fingerprint density at radius 2 is 2.25 bits per heavy atom. The minimum atomic E-state index is -0.860. The van der Waals surface area contributed by atoms with Crippen molar-refractivity contribution in [2.75, 3.05) is 13.2 Å². The maximum atomic E-state index is 11.7. The number of phenols is 1. The Labute approximate surface area is 124 Å². The van der Waals surface area contributed by atoms with Crippen molar-refractivity contribution in [2.24, 2.45) is 5.10 Å². The van der Waals surface area contributed by atoms with Crippen molar-refractivity contribution in [3.05, 3.63) is 28.2 Å². The molecule has 0 atom stereocenters. The summed E-state index contributed by atoms with van der Waals surface area (Å²) in [5, 5.41) is 13.2. The number of hydrazone groups is 1. The summed E-state index contributed by atoms with van der Waals surface area (Å²) in [6.07, 6.45) is 1.57. The lowest BCUT2D eigenvalue weighted by Gasteiger charge is -2.20. The topological polar surface area (TPSA) is 80.2 Å². The maximum absolute atomic E-state index is 11.7. The first-order chi connectivity index (χ1) is 9.48. The van der Waals surface area contributed by atoms with Crippen LogP contribution in [-0.4, -0.2) is 36.2 Å². The van der Waals surface area contributed by atoms with Gasteiger partial charge in [-0.2, -0.15) is 5.10 Å². The summed E-state index contributed by atoms with van der Waals surface area (Å²) in [5.74, 6) is -1.00. The number of carbonyl (C=O) groups is 1. The third-order valence-corrected chi connectivity index (χ3v) is 3.39. The molecular formula is C13H15BrN2O4. The molecule has 1 aromatic carbocycles. The summed E-state index contributed by atoms with van der Waals surface area (Å²) < 4.78 is 11.2. The number of amides is 1. The first-order valence-corrected chi connectivity index (χ1v) is 6.86. The molecule has 0 bridgehead atoms. The molecule has 0 spiro atoms. The number of hydrogen-bond donors (Lipinski definition) is 2. The van der Waals surface area contributed by atoms with Gasteiger partial charge in [0, 0.05) is 0 Å². The molecule has 1 fully saturated rings. The smallest absolute Gasteiger partial charge is 0.245 e. The van der Waals surface area contributed by atoms with E-state index in [1.54, 1.807) is 19.1 Å². The molecule has 2 rings (SSSR count). The summed E-state index contributed by atoms with van der Waals surface area (Å²) in [6.45, 7) is 2.71. The van der Waals surface area contributed by atoms with Crippen molar-refractivity contribution in [1.82, 2.24) is 5.43 Å². The molecule has 0 unspecified atom stereocenters. The lowest BCUT2D eigenvalue weighted by molar-refractivity contribution is -0.159. The normalized spacial score (nSPS) is 17.5. The van der Waals surface area contributed by atoms with Crippen molar-refractivity contribution < 1.29 is 19.4 Å². The lowest BCUT2D eigenvalue weighted by atomic mass is 10.2. The van der Waals surface area contributed by atoms with Gasteiger partial charge in [0.05, 0.1) is 30.3 Å². The van der Waals surface area contributed by atoms with Crippen molar-refractivity contribution in [3.63, 3.8) is 0 Å². The van der Waals surface area contributed by atoms with Gasteiger partial charge in [-0.15, -0.1) is 0 Å². The number of rotatable bonds is 4. The van der Waals surface area contributed by atoms with Gasteiger partial charge in [-0.1, -0.05) is 0 Å². The van der Waals surface area contributed by atoms with Crippen LogP contribution in [0.4, 0.5) is 0 Å². The number of carbonyl (C=O) groups excluding carboxylic acids is 1. The van der Waals surface area contributed by atoms with Crippen LogP contribution in [0.15, 0.2) is 27.8 Å². The standard InChI is InChI=1S/C13H15BrN2O4/c1-13(19-4-5-20-13)7-12(18)16-15-8-9-2-3-11(17)10(14)6-9/h2-3,6,8,17H,4-5,7H2,1H3,(H,16,18). The Kier molecular flexibility index (Phi) is 4.74. The average Bonchev–Trinajstić information content (AvgIpc) is 2.80. The van der Waals surface area contributed by atoms with Gasteiger partial charge >= 0.3 is 0 Å². The molecule has 1 amide bonds. The molecule has 108 valence electrons. The molecule has 0 radical (unpaired) electrons. The zero-order valence-electron chi connectivity index (χ0n) is 10.9. The molecule has 1 heterocycles. The molecule has 2 N–H and O–H groups in total. The predicted octanol–water partition coefficient (Wildman–Crippen LogP) is 1.76. The van der Waals surface area contributed by atoms with Crippen LogP contribution in [-0.2, 0) is 14.3 Å². The second-order valence-electron chi connectivity index (χ2n) is 4.51. The first-order valence-electron chi connectivity index (χ1n) is 6.07. The third-order valence-electron chi connectivity index (χ3n) is 2.75. The van der Waals surface area contributed by atoms with Crippen LogP contribution in [0.5, 0.6) is 5.75 Å². The molecular weight excluding hydrogens is 328 g/mol. The summed E-state index contributed by atoms with van der Waals surface area (Å²) in [4.78, 5) is 11.7. The van der Waals surface area contributed by atoms with Crippen LogP contribution in [0.3, 0.4) is 0 Å². The fourth-order valence-electron chi connectivity index (χ4n) is 1.77. The first kappa shape index (κ1) is 15.0. The van der Waals surface area contributed by atoms with Gasteiger partial charge in [-0.25, -0.2) is 5.43 Å². The SMILES string of the molecule is CC1(CC(=O)NN=Cc2ccc(O)c(Br)c2)OCCO1. The number of halogens is 1. The van der Waals surface area contributed by atoms with Gasteiger partial charge in [-0.3, -0.25) is 4.79 Å². The van der Waals surface area contributed by atoms with Gasteiger partial charge in [0.1, 0.15) is 5.75 Å². The van der Waals surface area contributed by atoms with Crippen LogP contribution >= 0.6 is 15.9 Å². The van der Waals surface area contributed by atoms with Crippen LogP contribution in [0.25, 0.3) is 0 Å². The average molecular weight is 343 g/mol. The molecule has 6 nitrogen and oxygen atoms in total. The zero-order chi connectivity index (χ0) is 14.6. The molecule has 0 saturated carbocycles. The number of aromatic hydroxyl groups is 1. The fraction of sp³-hybridized carbons (Fsp3) is 0.385. The molecule has 7 heteroatoms. The van der Waals surface area contributed by atoms with Gasteiger partial charge in [0.15, 0.2) is 5.79 Å². The van der Waals surface area contributed by atoms with Crippen LogP contribution in [0, 0.1) is 0 Å². The largest absolute Gasteiger partial charge is 0.507 e. The Bertz CT molecular complexity index is 527. The monoisotopic (exact) mass is 342 g/mol. The molecule has 20 heavy (non-hydrogen) atoms. The Morgan fingerprint density at radius 3 is 2.90 bits per heavy atom. The van der Waals surface area contributed by atoms with E-state index in [1.165, 1.54) is 12.3 Å². The van der Waals surface area contributed by atoms with E-state index in [4.69, 9.17) is 9.47 Å². The quantitative estimate of drug-likeness (QED) is 0.645. The number of benzene rings is 1.